The number of allylic oxidation sites excluding steroid dienone is 1. The summed E-state index contributed by atoms with van der Waals surface area (Å²) in [7, 11) is 0. The lowest BCUT2D eigenvalue weighted by Crippen LogP contribution is -2.48. The lowest BCUT2D eigenvalue weighted by atomic mass is 9.94. The largest absolute Gasteiger partial charge is 0.459 e. The number of anilines is 1. The minimum absolute atomic E-state index is 0.212. The molecule has 180 valence electrons. The summed E-state index contributed by atoms with van der Waals surface area (Å²) in [5, 5.41) is 7.72. The van der Waals surface area contributed by atoms with Crippen LogP contribution in [0.15, 0.2) is 78.0 Å². The molecule has 1 heterocycles. The van der Waals surface area contributed by atoms with E-state index in [1.807, 2.05) is 43.3 Å². The van der Waals surface area contributed by atoms with Crippen molar-refractivity contribution in [3.05, 3.63) is 89.1 Å². The smallest absolute Gasteiger partial charge is 0.338 e. The Bertz CT molecular complexity index is 1310. The van der Waals surface area contributed by atoms with Gasteiger partial charge in [-0.25, -0.2) is 9.59 Å². The first-order valence-corrected chi connectivity index (χ1v) is 11.7. The van der Waals surface area contributed by atoms with Gasteiger partial charge in [0.15, 0.2) is 0 Å². The first-order chi connectivity index (χ1) is 16.8. The Morgan fingerprint density at radius 2 is 1.71 bits per heavy atom. The Hall–Kier alpha value is -4.13. The molecule has 1 aliphatic rings. The van der Waals surface area contributed by atoms with Gasteiger partial charge < -0.3 is 15.4 Å². The number of urea groups is 1. The van der Waals surface area contributed by atoms with Crippen molar-refractivity contribution in [2.45, 2.75) is 39.8 Å². The van der Waals surface area contributed by atoms with Gasteiger partial charge in [0.25, 0.3) is 5.91 Å². The molecule has 3 aromatic carbocycles. The minimum atomic E-state index is -0.653. The van der Waals surface area contributed by atoms with Crippen molar-refractivity contribution in [3.8, 4) is 0 Å². The van der Waals surface area contributed by atoms with Crippen LogP contribution in [0.5, 0.6) is 0 Å². The highest BCUT2D eigenvalue weighted by molar-refractivity contribution is 6.12. The summed E-state index contributed by atoms with van der Waals surface area (Å²) in [5.41, 5.74) is 2.87. The fraction of sp³-hybridized carbons (Fsp3) is 0.250. The van der Waals surface area contributed by atoms with Crippen LogP contribution in [0.1, 0.15) is 49.7 Å². The van der Waals surface area contributed by atoms with Gasteiger partial charge in [0, 0.05) is 23.5 Å². The van der Waals surface area contributed by atoms with Crippen LogP contribution in [-0.2, 0) is 9.53 Å². The molecular formula is C28H29N3O4. The highest BCUT2D eigenvalue weighted by atomic mass is 16.5. The van der Waals surface area contributed by atoms with Crippen LogP contribution in [0.2, 0.25) is 0 Å². The van der Waals surface area contributed by atoms with Crippen molar-refractivity contribution >= 4 is 34.4 Å². The van der Waals surface area contributed by atoms with E-state index in [1.165, 1.54) is 4.90 Å². The third kappa shape index (κ3) is 4.89. The molecule has 0 saturated heterocycles. The molecule has 3 aromatic rings. The number of nitrogens with one attached hydrogen (secondary N) is 2. The number of esters is 1. The lowest BCUT2D eigenvalue weighted by Gasteiger charge is -2.35. The maximum absolute atomic E-state index is 13.0. The van der Waals surface area contributed by atoms with E-state index in [9.17, 15) is 14.4 Å². The van der Waals surface area contributed by atoms with Crippen LogP contribution in [-0.4, -0.2) is 35.5 Å². The average molecular weight is 472 g/mol. The van der Waals surface area contributed by atoms with E-state index in [2.05, 4.69) is 10.6 Å². The first kappa shape index (κ1) is 24.0. The van der Waals surface area contributed by atoms with E-state index in [-0.39, 0.29) is 18.0 Å². The molecule has 7 heteroatoms. The molecule has 3 amide bonds. The molecule has 1 unspecified atom stereocenters. The van der Waals surface area contributed by atoms with Crippen molar-refractivity contribution in [2.75, 3.05) is 11.9 Å². The summed E-state index contributed by atoms with van der Waals surface area (Å²) in [6, 6.07) is 19.5. The number of amides is 3. The van der Waals surface area contributed by atoms with Crippen molar-refractivity contribution in [1.29, 1.82) is 0 Å². The normalized spacial score (nSPS) is 15.9. The number of carbonyl (C=O) groups excluding carboxylic acids is 3. The highest BCUT2D eigenvalue weighted by Gasteiger charge is 2.36. The summed E-state index contributed by atoms with van der Waals surface area (Å²) in [6.45, 7) is 7.61. The standard InChI is InChI=1S/C28H29N3O4/c1-5-31-18(4)24(27(33)35-17(2)3)25(30-28(31)34)20-13-15-21(16-14-20)29-26(32)23-12-8-10-19-9-6-7-11-22(19)23/h6-17,25H,5H2,1-4H3,(H,29,32)(H,30,34). The molecule has 2 N–H and O–H groups in total. The monoisotopic (exact) mass is 471 g/mol. The molecule has 4 rings (SSSR count). The van der Waals surface area contributed by atoms with Crippen LogP contribution in [0.3, 0.4) is 0 Å². The van der Waals surface area contributed by atoms with Crippen LogP contribution >= 0.6 is 0 Å². The summed E-state index contributed by atoms with van der Waals surface area (Å²) in [4.78, 5) is 40.1. The summed E-state index contributed by atoms with van der Waals surface area (Å²) in [5.74, 6) is -0.676. The molecule has 0 aromatic heterocycles. The molecule has 0 aliphatic carbocycles. The second-order valence-electron chi connectivity index (χ2n) is 8.68. The first-order valence-electron chi connectivity index (χ1n) is 11.7. The van der Waals surface area contributed by atoms with Gasteiger partial charge >= 0.3 is 12.0 Å². The number of rotatable bonds is 6. The molecule has 0 fully saturated rings. The maximum atomic E-state index is 13.0. The number of carbonyl (C=O) groups is 3. The number of ether oxygens (including phenoxy) is 1. The summed E-state index contributed by atoms with van der Waals surface area (Å²) >= 11 is 0. The molecule has 1 atom stereocenters. The third-order valence-electron chi connectivity index (χ3n) is 6.01. The maximum Gasteiger partial charge on any atom is 0.338 e. The topological polar surface area (TPSA) is 87.7 Å². The van der Waals surface area contributed by atoms with Crippen molar-refractivity contribution < 1.29 is 19.1 Å². The van der Waals surface area contributed by atoms with E-state index in [1.54, 1.807) is 51.1 Å². The second kappa shape index (κ2) is 10.0. The minimum Gasteiger partial charge on any atom is -0.459 e. The fourth-order valence-electron chi connectivity index (χ4n) is 4.33. The van der Waals surface area contributed by atoms with Gasteiger partial charge in [-0.05, 0) is 62.2 Å². The third-order valence-corrected chi connectivity index (χ3v) is 6.01. The van der Waals surface area contributed by atoms with Crippen LogP contribution in [0, 0.1) is 0 Å². The van der Waals surface area contributed by atoms with E-state index < -0.39 is 12.0 Å². The van der Waals surface area contributed by atoms with Gasteiger partial charge in [-0.1, -0.05) is 48.5 Å². The molecule has 35 heavy (non-hydrogen) atoms. The zero-order valence-electron chi connectivity index (χ0n) is 20.3. The Kier molecular flexibility index (Phi) is 6.87. The Morgan fingerprint density at radius 1 is 1.03 bits per heavy atom. The van der Waals surface area contributed by atoms with Crippen molar-refractivity contribution in [2.24, 2.45) is 0 Å². The lowest BCUT2D eigenvalue weighted by molar-refractivity contribution is -0.143. The van der Waals surface area contributed by atoms with Crippen molar-refractivity contribution in [1.82, 2.24) is 10.2 Å². The van der Waals surface area contributed by atoms with Crippen molar-refractivity contribution in [3.63, 3.8) is 0 Å². The number of fused-ring (bicyclic) bond motifs is 1. The zero-order valence-corrected chi connectivity index (χ0v) is 20.3. The molecule has 7 nitrogen and oxygen atoms in total. The fourth-order valence-corrected chi connectivity index (χ4v) is 4.33. The van der Waals surface area contributed by atoms with E-state index in [0.717, 1.165) is 10.8 Å². The predicted molar refractivity (Wildman–Crippen MR) is 136 cm³/mol. The Balaban J connectivity index is 1.60. The molecular weight excluding hydrogens is 442 g/mol. The van der Waals surface area contributed by atoms with Crippen LogP contribution in [0.25, 0.3) is 10.8 Å². The summed E-state index contributed by atoms with van der Waals surface area (Å²) < 4.78 is 5.47. The highest BCUT2D eigenvalue weighted by Crippen LogP contribution is 2.32. The van der Waals surface area contributed by atoms with Gasteiger partial charge in [-0.3, -0.25) is 9.69 Å². The molecule has 0 spiro atoms. The second-order valence-corrected chi connectivity index (χ2v) is 8.68. The van der Waals surface area contributed by atoms with Gasteiger partial charge in [-0.2, -0.15) is 0 Å². The van der Waals surface area contributed by atoms with E-state index in [0.29, 0.717) is 34.6 Å². The number of hydrogen-bond acceptors (Lipinski definition) is 4. The van der Waals surface area contributed by atoms with Gasteiger partial charge in [0.05, 0.1) is 17.7 Å². The Labute approximate surface area is 204 Å². The van der Waals surface area contributed by atoms with Crippen LogP contribution in [0.4, 0.5) is 10.5 Å². The summed E-state index contributed by atoms with van der Waals surface area (Å²) in [6.07, 6.45) is -0.289. The molecule has 1 aliphatic heterocycles. The van der Waals surface area contributed by atoms with Gasteiger partial charge in [0.2, 0.25) is 0 Å². The van der Waals surface area contributed by atoms with Gasteiger partial charge in [0.1, 0.15) is 0 Å². The Morgan fingerprint density at radius 3 is 2.40 bits per heavy atom. The average Bonchev–Trinajstić information content (AvgIpc) is 2.83. The van der Waals surface area contributed by atoms with E-state index in [4.69, 9.17) is 4.74 Å². The number of benzene rings is 3. The number of nitrogens with zero attached hydrogens (tertiary/aromatic N) is 1. The quantitative estimate of drug-likeness (QED) is 0.471. The molecule has 0 radical (unpaired) electrons. The SMILES string of the molecule is CCN1C(=O)NC(c2ccc(NC(=O)c3cccc4ccccc34)cc2)C(C(=O)OC(C)C)=C1C. The molecule has 0 bridgehead atoms. The van der Waals surface area contributed by atoms with E-state index >= 15 is 0 Å². The number of hydrogen-bond donors (Lipinski definition) is 2. The zero-order chi connectivity index (χ0) is 25.1. The van der Waals surface area contributed by atoms with Crippen LogP contribution < -0.4 is 10.6 Å². The van der Waals surface area contributed by atoms with Gasteiger partial charge in [-0.15, -0.1) is 0 Å². The molecule has 0 saturated carbocycles. The predicted octanol–water partition coefficient (Wildman–Crippen LogP) is 5.40.